The van der Waals surface area contributed by atoms with Crippen LogP contribution < -0.4 is 16.0 Å². The molecule has 0 spiro atoms. The predicted octanol–water partition coefficient (Wildman–Crippen LogP) is 2.23. The van der Waals surface area contributed by atoms with E-state index in [0.717, 1.165) is 37.7 Å². The van der Waals surface area contributed by atoms with Gasteiger partial charge in [-0.1, -0.05) is 62.4 Å². The number of nitrogens with one attached hydrogen (secondary N) is 4. The van der Waals surface area contributed by atoms with Gasteiger partial charge < -0.3 is 40.8 Å². The Balaban J connectivity index is 1.57. The van der Waals surface area contributed by atoms with Gasteiger partial charge in [-0.05, 0) is 45.1 Å². The van der Waals surface area contributed by atoms with Crippen LogP contribution in [0.4, 0.5) is 4.79 Å². The van der Waals surface area contributed by atoms with Gasteiger partial charge in [0.15, 0.2) is 0 Å². The van der Waals surface area contributed by atoms with E-state index in [1.807, 2.05) is 30.3 Å². The molecule has 1 saturated carbocycles. The Morgan fingerprint density at radius 1 is 1.02 bits per heavy atom. The second-order valence-electron chi connectivity index (χ2n) is 14.2. The van der Waals surface area contributed by atoms with Crippen LogP contribution in [0.25, 0.3) is 0 Å². The number of aromatic nitrogens is 2. The number of aliphatic hydroxyl groups is 2. The van der Waals surface area contributed by atoms with Gasteiger partial charge in [0, 0.05) is 31.8 Å². The zero-order valence-corrected chi connectivity index (χ0v) is 28.5. The number of benzene rings is 1. The molecule has 13 nitrogen and oxygen atoms in total. The minimum absolute atomic E-state index is 0.0615. The summed E-state index contributed by atoms with van der Waals surface area (Å²) in [5, 5.41) is 29.9. The quantitative estimate of drug-likeness (QED) is 0.177. The van der Waals surface area contributed by atoms with Crippen molar-refractivity contribution < 1.29 is 34.1 Å². The molecule has 1 aromatic heterocycles. The van der Waals surface area contributed by atoms with Crippen LogP contribution in [0.1, 0.15) is 77.0 Å². The van der Waals surface area contributed by atoms with Gasteiger partial charge in [0.2, 0.25) is 17.7 Å². The third-order valence-electron chi connectivity index (χ3n) is 9.32. The number of amides is 4. The zero-order valence-electron chi connectivity index (χ0n) is 28.5. The van der Waals surface area contributed by atoms with Gasteiger partial charge >= 0.3 is 6.09 Å². The largest absolute Gasteiger partial charge is 0.444 e. The van der Waals surface area contributed by atoms with Crippen molar-refractivity contribution in [3.63, 3.8) is 0 Å². The summed E-state index contributed by atoms with van der Waals surface area (Å²) in [6, 6.07) is 5.85. The third-order valence-corrected chi connectivity index (χ3v) is 9.32. The number of H-pyrrole nitrogens is 1. The maximum absolute atomic E-state index is 14.1. The van der Waals surface area contributed by atoms with E-state index in [1.54, 1.807) is 34.0 Å². The van der Waals surface area contributed by atoms with Gasteiger partial charge in [0.25, 0.3) is 0 Å². The van der Waals surface area contributed by atoms with Crippen molar-refractivity contribution in [2.75, 3.05) is 13.7 Å². The Morgan fingerprint density at radius 3 is 2.29 bits per heavy atom. The number of hydrogen-bond donors (Lipinski definition) is 6. The van der Waals surface area contributed by atoms with Gasteiger partial charge in [-0.2, -0.15) is 0 Å². The number of imidazole rings is 1. The van der Waals surface area contributed by atoms with E-state index in [4.69, 9.17) is 4.74 Å². The molecule has 48 heavy (non-hydrogen) atoms. The van der Waals surface area contributed by atoms with Crippen molar-refractivity contribution >= 4 is 23.8 Å². The van der Waals surface area contributed by atoms with Gasteiger partial charge in [-0.15, -0.1) is 0 Å². The lowest BCUT2D eigenvalue weighted by molar-refractivity contribution is -0.136. The minimum atomic E-state index is -1.19. The molecule has 1 aliphatic heterocycles. The summed E-state index contributed by atoms with van der Waals surface area (Å²) >= 11 is 0. The van der Waals surface area contributed by atoms with Crippen LogP contribution in [0.3, 0.4) is 0 Å². The second kappa shape index (κ2) is 16.9. The molecular formula is C35H52N6O7. The van der Waals surface area contributed by atoms with Crippen molar-refractivity contribution in [3.05, 3.63) is 54.1 Å². The molecule has 6 N–H and O–H groups in total. The molecule has 6 atom stereocenters. The molecule has 4 rings (SSSR count). The van der Waals surface area contributed by atoms with Crippen LogP contribution >= 0.6 is 0 Å². The second-order valence-corrected chi connectivity index (χ2v) is 14.2. The molecule has 2 aromatic rings. The Kier molecular flexibility index (Phi) is 13.0. The smallest absolute Gasteiger partial charge is 0.408 e. The highest BCUT2D eigenvalue weighted by Crippen LogP contribution is 2.32. The van der Waals surface area contributed by atoms with E-state index in [9.17, 15) is 29.4 Å². The first-order chi connectivity index (χ1) is 22.8. The van der Waals surface area contributed by atoms with E-state index in [1.165, 1.54) is 11.2 Å². The number of likely N-dealkylation sites (N-methyl/N-ethyl adjacent to an activating group) is 1. The lowest BCUT2D eigenvalue weighted by Gasteiger charge is -2.33. The van der Waals surface area contributed by atoms with Crippen molar-refractivity contribution in [2.24, 2.45) is 11.8 Å². The number of nitrogens with zero attached hydrogens (tertiary/aromatic N) is 2. The van der Waals surface area contributed by atoms with Crippen molar-refractivity contribution in [2.45, 2.75) is 114 Å². The third kappa shape index (κ3) is 10.5. The van der Waals surface area contributed by atoms with Gasteiger partial charge in [0.05, 0.1) is 37.0 Å². The molecule has 1 aromatic carbocycles. The SMILES string of the molecule is CN1C(=O)[C@H]([C@H](O)[C@@H](CC2CCCCC2)NC(=O)[C@H](Cc2cnc[nH]2)NC(=O)[C@H](Cc2ccccc2)NC(=O)OC(C)(C)C)C[C@H]1CO. The summed E-state index contributed by atoms with van der Waals surface area (Å²) in [7, 11) is 1.61. The molecule has 1 aliphatic carbocycles. The number of aromatic amines is 1. The molecule has 4 amide bonds. The van der Waals surface area contributed by atoms with E-state index >= 15 is 0 Å². The molecule has 0 radical (unpaired) electrons. The molecule has 0 unspecified atom stereocenters. The molecule has 13 heteroatoms. The van der Waals surface area contributed by atoms with E-state index in [0.29, 0.717) is 12.1 Å². The fourth-order valence-corrected chi connectivity index (χ4v) is 6.71. The van der Waals surface area contributed by atoms with Crippen LogP contribution in [0.5, 0.6) is 0 Å². The standard InChI is InChI=1S/C35H52N6O7/c1-35(2,3)48-34(47)40-28(16-23-13-9-6-10-14-23)31(44)39-29(17-24-19-36-21-37-24)32(45)38-27(15-22-11-7-5-8-12-22)30(43)26-18-25(20-42)41(4)33(26)46/h6,9-10,13-14,19,21-22,25-30,42-43H,5,7-8,11-12,15-18,20H2,1-4H3,(H,36,37)(H,38,45)(H,39,44)(H,40,47)/t25-,26-,27+,28-,29-,30-/m0/s1. The monoisotopic (exact) mass is 668 g/mol. The van der Waals surface area contributed by atoms with Crippen molar-refractivity contribution in [3.8, 4) is 0 Å². The summed E-state index contributed by atoms with van der Waals surface area (Å²) in [6.07, 6.45) is 7.22. The van der Waals surface area contributed by atoms with Crippen LogP contribution in [0.15, 0.2) is 42.9 Å². The Labute approximate surface area is 282 Å². The molecule has 0 bridgehead atoms. The Morgan fingerprint density at radius 2 is 1.69 bits per heavy atom. The summed E-state index contributed by atoms with van der Waals surface area (Å²) in [5.74, 6) is -1.92. The van der Waals surface area contributed by atoms with Crippen molar-refractivity contribution in [1.82, 2.24) is 30.8 Å². The summed E-state index contributed by atoms with van der Waals surface area (Å²) in [6.45, 7) is 4.96. The topological polar surface area (TPSA) is 186 Å². The number of aliphatic hydroxyl groups excluding tert-OH is 2. The van der Waals surface area contributed by atoms with E-state index in [2.05, 4.69) is 25.9 Å². The fourth-order valence-electron chi connectivity index (χ4n) is 6.71. The summed E-state index contributed by atoms with van der Waals surface area (Å²) in [5.41, 5.74) is 0.603. The highest BCUT2D eigenvalue weighted by atomic mass is 16.6. The van der Waals surface area contributed by atoms with Gasteiger partial charge in [0.1, 0.15) is 17.7 Å². The van der Waals surface area contributed by atoms with Gasteiger partial charge in [-0.3, -0.25) is 14.4 Å². The number of likely N-dealkylation sites (tertiary alicyclic amines) is 1. The Hall–Kier alpha value is -3.97. The predicted molar refractivity (Wildman–Crippen MR) is 178 cm³/mol. The minimum Gasteiger partial charge on any atom is -0.444 e. The molecule has 2 fully saturated rings. The molecule has 2 aliphatic rings. The molecule has 2 heterocycles. The molecular weight excluding hydrogens is 616 g/mol. The van der Waals surface area contributed by atoms with Crippen LogP contribution in [0, 0.1) is 11.8 Å². The fraction of sp³-hybridized carbons (Fsp3) is 0.629. The first-order valence-corrected chi connectivity index (χ1v) is 17.0. The van der Waals surface area contributed by atoms with Crippen molar-refractivity contribution in [1.29, 1.82) is 0 Å². The molecule has 1 saturated heterocycles. The number of rotatable bonds is 14. The average Bonchev–Trinajstić information content (AvgIpc) is 3.67. The number of hydrogen-bond acceptors (Lipinski definition) is 8. The maximum Gasteiger partial charge on any atom is 0.408 e. The number of carbonyl (C=O) groups is 4. The highest BCUT2D eigenvalue weighted by molar-refractivity contribution is 5.92. The number of carbonyl (C=O) groups excluding carboxylic acids is 4. The zero-order chi connectivity index (χ0) is 34.8. The normalized spacial score (nSPS) is 21.2. The molecule has 264 valence electrons. The lowest BCUT2D eigenvalue weighted by Crippen LogP contribution is -2.58. The maximum atomic E-state index is 14.1. The highest BCUT2D eigenvalue weighted by Gasteiger charge is 2.44. The van der Waals surface area contributed by atoms with E-state index < -0.39 is 59.7 Å². The van der Waals surface area contributed by atoms with Crippen LogP contribution in [-0.2, 0) is 32.0 Å². The van der Waals surface area contributed by atoms with Gasteiger partial charge in [-0.25, -0.2) is 9.78 Å². The number of ether oxygens (including phenoxy) is 1. The summed E-state index contributed by atoms with van der Waals surface area (Å²) < 4.78 is 5.43. The first-order valence-electron chi connectivity index (χ1n) is 17.0. The van der Waals surface area contributed by atoms with Crippen LogP contribution in [0.2, 0.25) is 0 Å². The van der Waals surface area contributed by atoms with Crippen LogP contribution in [-0.4, -0.2) is 98.4 Å². The lowest BCUT2D eigenvalue weighted by atomic mass is 9.81. The summed E-state index contributed by atoms with van der Waals surface area (Å²) in [4.78, 5) is 62.4. The average molecular weight is 669 g/mol. The Bertz CT molecular complexity index is 1340. The van der Waals surface area contributed by atoms with E-state index in [-0.39, 0.29) is 37.7 Å². The number of alkyl carbamates (subject to hydrolysis) is 1. The first kappa shape index (κ1) is 36.9.